The zero-order valence-electron chi connectivity index (χ0n) is 25.1. The van der Waals surface area contributed by atoms with Crippen LogP contribution in [0.5, 0.6) is 0 Å². The lowest BCUT2D eigenvalue weighted by Crippen LogP contribution is -2.29. The Morgan fingerprint density at radius 1 is 0.791 bits per heavy atom. The fourth-order valence-electron chi connectivity index (χ4n) is 4.46. The number of nitrogens with zero attached hydrogens (tertiary/aromatic N) is 2. The number of rotatable bonds is 22. The van der Waals surface area contributed by atoms with E-state index in [2.05, 4.69) is 21.8 Å². The third-order valence-corrected chi connectivity index (χ3v) is 8.10. The monoisotopic (exact) mass is 619 g/mol. The average Bonchev–Trinajstić information content (AvgIpc) is 3.03. The molecule has 0 saturated carbocycles. The second-order valence-electron chi connectivity index (χ2n) is 9.91. The second-order valence-corrected chi connectivity index (χ2v) is 11.6. The Bertz CT molecular complexity index is 1260. The molecule has 0 bridgehead atoms. The molecule has 1 fully saturated rings. The summed E-state index contributed by atoms with van der Waals surface area (Å²) in [5.41, 5.74) is 1.85. The van der Waals surface area contributed by atoms with Gasteiger partial charge in [-0.1, -0.05) is 18.2 Å². The van der Waals surface area contributed by atoms with Gasteiger partial charge in [-0.3, -0.25) is 0 Å². The lowest BCUT2D eigenvalue weighted by atomic mass is 10.0. The highest BCUT2D eigenvalue weighted by molar-refractivity contribution is 7.93. The first-order chi connectivity index (χ1) is 21.0. The van der Waals surface area contributed by atoms with E-state index in [1.165, 1.54) is 31.0 Å². The summed E-state index contributed by atoms with van der Waals surface area (Å²) in [6, 6.07) is 13.8. The van der Waals surface area contributed by atoms with Gasteiger partial charge in [-0.25, -0.2) is 13.1 Å². The minimum atomic E-state index is -3.97. The highest BCUT2D eigenvalue weighted by Crippen LogP contribution is 2.26. The Labute approximate surface area is 255 Å². The summed E-state index contributed by atoms with van der Waals surface area (Å²) in [4.78, 5) is 2.06. The van der Waals surface area contributed by atoms with Crippen LogP contribution in [0.1, 0.15) is 24.8 Å². The number of sulfonamides is 1. The van der Waals surface area contributed by atoms with Crippen LogP contribution in [-0.4, -0.2) is 108 Å². The van der Waals surface area contributed by atoms with Crippen LogP contribution in [0, 0.1) is 11.3 Å². The largest absolute Gasteiger partial charge is 0.382 e. The molecule has 0 unspecified atom stereocenters. The van der Waals surface area contributed by atoms with Crippen LogP contribution in [0.4, 0.5) is 5.69 Å². The molecule has 0 spiro atoms. The van der Waals surface area contributed by atoms with Crippen molar-refractivity contribution in [3.63, 3.8) is 0 Å². The lowest BCUT2D eigenvalue weighted by Gasteiger charge is -2.29. The molecule has 0 radical (unpaired) electrons. The van der Waals surface area contributed by atoms with Crippen molar-refractivity contribution in [3.8, 4) is 6.07 Å². The van der Waals surface area contributed by atoms with Gasteiger partial charge in [0.1, 0.15) is 6.07 Å². The van der Waals surface area contributed by atoms with E-state index < -0.39 is 10.0 Å². The van der Waals surface area contributed by atoms with Crippen LogP contribution < -0.4 is 9.62 Å². The molecular formula is C31H45N3O8S. The second kappa shape index (κ2) is 20.4. The van der Waals surface area contributed by atoms with Crippen molar-refractivity contribution < 1.29 is 36.8 Å². The number of fused-ring (bicyclic) bond motifs is 1. The summed E-state index contributed by atoms with van der Waals surface area (Å²) in [5.74, 6) is 0. The molecule has 0 atom stereocenters. The Balaban J connectivity index is 1.28. The number of ether oxygens (including phenoxy) is 6. The van der Waals surface area contributed by atoms with E-state index in [1.54, 1.807) is 7.11 Å². The number of allylic oxidation sites excluding steroid dienone is 1. The molecule has 0 amide bonds. The van der Waals surface area contributed by atoms with Crippen molar-refractivity contribution in [1.82, 2.24) is 4.72 Å². The number of hydrogen-bond donors (Lipinski definition) is 1. The van der Waals surface area contributed by atoms with Crippen LogP contribution in [0.25, 0.3) is 16.8 Å². The number of nitrogens with one attached hydrogen (secondary N) is 1. The van der Waals surface area contributed by atoms with Gasteiger partial charge < -0.3 is 33.3 Å². The zero-order valence-corrected chi connectivity index (χ0v) is 25.9. The van der Waals surface area contributed by atoms with Gasteiger partial charge in [-0.2, -0.15) is 5.26 Å². The third kappa shape index (κ3) is 13.3. The molecule has 2 aromatic rings. The molecule has 0 aromatic heterocycles. The van der Waals surface area contributed by atoms with Crippen LogP contribution in [0.3, 0.4) is 0 Å². The SMILES string of the molecule is COCCOCCOCCOCCOCCOCCNS(=O)(=O)/C(C#N)=C/c1ccc2cc(N3CCCCC3)ccc2c1. The van der Waals surface area contributed by atoms with Gasteiger partial charge in [0, 0.05) is 32.4 Å². The van der Waals surface area contributed by atoms with E-state index in [4.69, 9.17) is 28.4 Å². The Morgan fingerprint density at radius 3 is 1.91 bits per heavy atom. The van der Waals surface area contributed by atoms with Crippen molar-refractivity contribution in [2.24, 2.45) is 0 Å². The van der Waals surface area contributed by atoms with Crippen LogP contribution in [-0.2, 0) is 38.4 Å². The van der Waals surface area contributed by atoms with E-state index in [9.17, 15) is 13.7 Å². The maximum Gasteiger partial charge on any atom is 0.250 e. The standard InChI is InChI=1S/C31H45N3O8S/c1-37-13-14-39-17-18-41-21-22-42-20-19-40-16-15-38-12-9-33-43(35,36)31(26-32)24-27-5-6-29-25-30(8-7-28(29)23-27)34-10-3-2-4-11-34/h5-8,23-25,33H,2-4,9-22H2,1H3/b31-24+. The summed E-state index contributed by atoms with van der Waals surface area (Å²) in [7, 11) is -2.34. The summed E-state index contributed by atoms with van der Waals surface area (Å²) < 4.78 is 59.7. The van der Waals surface area contributed by atoms with Crippen molar-refractivity contribution in [2.45, 2.75) is 19.3 Å². The van der Waals surface area contributed by atoms with E-state index in [0.717, 1.165) is 23.9 Å². The van der Waals surface area contributed by atoms with Crippen molar-refractivity contribution in [3.05, 3.63) is 46.9 Å². The minimum absolute atomic E-state index is 0.0406. The minimum Gasteiger partial charge on any atom is -0.382 e. The molecule has 1 aliphatic rings. The molecule has 3 rings (SSSR count). The zero-order chi connectivity index (χ0) is 30.6. The highest BCUT2D eigenvalue weighted by atomic mass is 32.2. The first-order valence-corrected chi connectivity index (χ1v) is 16.3. The molecule has 1 heterocycles. The van der Waals surface area contributed by atoms with E-state index >= 15 is 0 Å². The first-order valence-electron chi connectivity index (χ1n) is 14.8. The van der Waals surface area contributed by atoms with E-state index in [-0.39, 0.29) is 18.1 Å². The fourth-order valence-corrected chi connectivity index (χ4v) is 5.38. The number of nitriles is 1. The van der Waals surface area contributed by atoms with Gasteiger partial charge in [0.25, 0.3) is 10.0 Å². The predicted octanol–water partition coefficient (Wildman–Crippen LogP) is 3.34. The number of benzene rings is 2. The van der Waals surface area contributed by atoms with Crippen LogP contribution in [0.15, 0.2) is 41.3 Å². The van der Waals surface area contributed by atoms with E-state index in [1.807, 2.05) is 30.3 Å². The number of piperidine rings is 1. The number of anilines is 1. The Hall–Kier alpha value is -2.60. The number of methoxy groups -OCH3 is 1. The van der Waals surface area contributed by atoms with Gasteiger partial charge in [0.15, 0.2) is 4.91 Å². The first kappa shape index (κ1) is 34.9. The van der Waals surface area contributed by atoms with Crippen LogP contribution >= 0.6 is 0 Å². The molecular weight excluding hydrogens is 574 g/mol. The van der Waals surface area contributed by atoms with Crippen molar-refractivity contribution in [2.75, 3.05) is 104 Å². The maximum atomic E-state index is 12.7. The van der Waals surface area contributed by atoms with Gasteiger partial charge in [-0.15, -0.1) is 0 Å². The molecule has 1 N–H and O–H groups in total. The van der Waals surface area contributed by atoms with Crippen LogP contribution in [0.2, 0.25) is 0 Å². The normalized spacial score (nSPS) is 14.3. The van der Waals surface area contributed by atoms with Gasteiger partial charge >= 0.3 is 0 Å². The summed E-state index contributed by atoms with van der Waals surface area (Å²) in [5, 5.41) is 11.6. The Kier molecular flexibility index (Phi) is 16.5. The smallest absolute Gasteiger partial charge is 0.250 e. The Morgan fingerprint density at radius 2 is 1.33 bits per heavy atom. The summed E-state index contributed by atoms with van der Waals surface area (Å²) >= 11 is 0. The van der Waals surface area contributed by atoms with Crippen molar-refractivity contribution in [1.29, 1.82) is 5.26 Å². The molecule has 1 aliphatic heterocycles. The lowest BCUT2D eigenvalue weighted by molar-refractivity contribution is -0.0143. The third-order valence-electron chi connectivity index (χ3n) is 6.72. The topological polar surface area (TPSA) is 129 Å². The molecule has 0 aliphatic carbocycles. The molecule has 11 nitrogen and oxygen atoms in total. The van der Waals surface area contributed by atoms with Gasteiger partial charge in [-0.05, 0) is 59.9 Å². The number of hydrogen-bond acceptors (Lipinski definition) is 10. The highest BCUT2D eigenvalue weighted by Gasteiger charge is 2.17. The summed E-state index contributed by atoms with van der Waals surface area (Å²) in [6.07, 6.45) is 5.09. The fraction of sp³-hybridized carbons (Fsp3) is 0.581. The molecule has 12 heteroatoms. The summed E-state index contributed by atoms with van der Waals surface area (Å²) in [6.45, 7) is 6.97. The molecule has 1 saturated heterocycles. The molecule has 238 valence electrons. The molecule has 2 aromatic carbocycles. The quantitative estimate of drug-likeness (QED) is 0.155. The predicted molar refractivity (Wildman–Crippen MR) is 166 cm³/mol. The van der Waals surface area contributed by atoms with Crippen molar-refractivity contribution >= 4 is 32.6 Å². The average molecular weight is 620 g/mol. The maximum absolute atomic E-state index is 12.7. The molecule has 43 heavy (non-hydrogen) atoms. The van der Waals surface area contributed by atoms with Gasteiger partial charge in [0.2, 0.25) is 0 Å². The van der Waals surface area contributed by atoms with Gasteiger partial charge in [0.05, 0.1) is 72.7 Å². The van der Waals surface area contributed by atoms with E-state index in [0.29, 0.717) is 71.6 Å².